The number of anilines is 1. The van der Waals surface area contributed by atoms with Gasteiger partial charge in [0.05, 0.1) is 16.6 Å². The summed E-state index contributed by atoms with van der Waals surface area (Å²) < 4.78 is 15.0. The number of nitrogens with zero attached hydrogens (tertiary/aromatic N) is 1. The quantitative estimate of drug-likeness (QED) is 0.849. The summed E-state index contributed by atoms with van der Waals surface area (Å²) in [6, 6.07) is 9.08. The number of rotatable bonds is 6. The normalized spacial score (nSPS) is 12.4. The highest BCUT2D eigenvalue weighted by molar-refractivity contribution is 7.16. The summed E-state index contributed by atoms with van der Waals surface area (Å²) in [6.45, 7) is 2.67. The van der Waals surface area contributed by atoms with Crippen molar-refractivity contribution in [1.82, 2.24) is 0 Å². The first-order valence-corrected chi connectivity index (χ1v) is 8.19. The number of hydrogen-bond donors (Lipinski definition) is 1. The summed E-state index contributed by atoms with van der Waals surface area (Å²) in [6.07, 6.45) is 1.55. The summed E-state index contributed by atoms with van der Waals surface area (Å²) in [4.78, 5) is 3.03. The molecule has 0 saturated carbocycles. The van der Waals surface area contributed by atoms with E-state index in [0.29, 0.717) is 18.7 Å². The van der Waals surface area contributed by atoms with Gasteiger partial charge >= 0.3 is 0 Å². The fourth-order valence-corrected chi connectivity index (χ4v) is 3.47. The van der Waals surface area contributed by atoms with E-state index in [4.69, 9.17) is 17.3 Å². The fraction of sp³-hybridized carbons (Fsp3) is 0.375. The molecule has 5 heteroatoms. The highest BCUT2D eigenvalue weighted by atomic mass is 35.5. The van der Waals surface area contributed by atoms with Crippen LogP contribution >= 0.6 is 22.9 Å². The summed E-state index contributed by atoms with van der Waals surface area (Å²) in [5.74, 6) is -0.207. The van der Waals surface area contributed by atoms with Gasteiger partial charge in [0.2, 0.25) is 0 Å². The Morgan fingerprint density at radius 1 is 1.33 bits per heavy atom. The SMILES string of the molecule is CCC(N)Cc1cccc(F)c1N(C)Cc1ccc(Cl)s1. The van der Waals surface area contributed by atoms with Gasteiger partial charge in [-0.15, -0.1) is 11.3 Å². The van der Waals surface area contributed by atoms with Crippen LogP contribution in [0.2, 0.25) is 4.34 Å². The molecule has 1 atom stereocenters. The maximum atomic E-state index is 14.3. The average Bonchev–Trinajstić information content (AvgIpc) is 2.83. The number of hydrogen-bond acceptors (Lipinski definition) is 3. The summed E-state index contributed by atoms with van der Waals surface area (Å²) >= 11 is 7.47. The maximum absolute atomic E-state index is 14.3. The van der Waals surface area contributed by atoms with Crippen LogP contribution in [-0.2, 0) is 13.0 Å². The van der Waals surface area contributed by atoms with Crippen molar-refractivity contribution in [1.29, 1.82) is 0 Å². The highest BCUT2D eigenvalue weighted by Gasteiger charge is 2.15. The van der Waals surface area contributed by atoms with E-state index in [-0.39, 0.29) is 11.9 Å². The van der Waals surface area contributed by atoms with Gasteiger partial charge in [0.15, 0.2) is 0 Å². The van der Waals surface area contributed by atoms with Gasteiger partial charge in [0.1, 0.15) is 5.82 Å². The highest BCUT2D eigenvalue weighted by Crippen LogP contribution is 2.29. The standard InChI is InChI=1S/C16H20ClFN2S/c1-3-12(19)9-11-5-4-6-14(18)16(11)20(2)10-13-7-8-15(17)21-13/h4-8,12H,3,9-10,19H2,1-2H3. The minimum Gasteiger partial charge on any atom is -0.367 e. The smallest absolute Gasteiger partial charge is 0.146 e. The van der Waals surface area contributed by atoms with Gasteiger partial charge in [-0.2, -0.15) is 0 Å². The molecule has 0 amide bonds. The zero-order valence-electron chi connectivity index (χ0n) is 12.3. The summed E-state index contributed by atoms with van der Waals surface area (Å²) in [7, 11) is 1.90. The molecule has 0 saturated heterocycles. The van der Waals surface area contributed by atoms with Crippen LogP contribution in [-0.4, -0.2) is 13.1 Å². The third kappa shape index (κ3) is 4.19. The van der Waals surface area contributed by atoms with Crippen molar-refractivity contribution in [2.24, 2.45) is 5.73 Å². The third-order valence-corrected chi connectivity index (χ3v) is 4.70. The molecular weight excluding hydrogens is 307 g/mol. The second-order valence-electron chi connectivity index (χ2n) is 5.18. The Labute approximate surface area is 134 Å². The van der Waals surface area contributed by atoms with E-state index in [1.54, 1.807) is 6.07 Å². The Balaban J connectivity index is 2.24. The number of thiophene rings is 1. The molecule has 0 spiro atoms. The largest absolute Gasteiger partial charge is 0.367 e. The van der Waals surface area contributed by atoms with Crippen molar-refractivity contribution in [3.63, 3.8) is 0 Å². The van der Waals surface area contributed by atoms with Crippen molar-refractivity contribution in [3.05, 3.63) is 50.9 Å². The molecule has 2 rings (SSSR count). The van der Waals surface area contributed by atoms with E-state index in [0.717, 1.165) is 21.2 Å². The van der Waals surface area contributed by atoms with Crippen molar-refractivity contribution < 1.29 is 4.39 Å². The van der Waals surface area contributed by atoms with Gasteiger partial charge in [-0.05, 0) is 36.6 Å². The minimum atomic E-state index is -0.207. The molecule has 2 nitrogen and oxygen atoms in total. The number of benzene rings is 1. The van der Waals surface area contributed by atoms with Crippen LogP contribution in [0.25, 0.3) is 0 Å². The topological polar surface area (TPSA) is 29.3 Å². The number of halogens is 2. The van der Waals surface area contributed by atoms with E-state index < -0.39 is 0 Å². The Morgan fingerprint density at radius 3 is 2.71 bits per heavy atom. The van der Waals surface area contributed by atoms with Gasteiger partial charge in [-0.3, -0.25) is 0 Å². The third-order valence-electron chi connectivity index (χ3n) is 3.48. The molecule has 0 aliphatic rings. The van der Waals surface area contributed by atoms with Crippen LogP contribution in [0.4, 0.5) is 10.1 Å². The van der Waals surface area contributed by atoms with Crippen molar-refractivity contribution >= 4 is 28.6 Å². The molecule has 2 aromatic rings. The molecule has 114 valence electrons. The lowest BCUT2D eigenvalue weighted by molar-refractivity contribution is 0.609. The van der Waals surface area contributed by atoms with Gasteiger partial charge in [-0.25, -0.2) is 4.39 Å². The Morgan fingerprint density at radius 2 is 2.10 bits per heavy atom. The van der Waals surface area contributed by atoms with Crippen molar-refractivity contribution in [2.45, 2.75) is 32.4 Å². The van der Waals surface area contributed by atoms with E-state index in [9.17, 15) is 4.39 Å². The molecule has 1 heterocycles. The molecule has 1 aromatic carbocycles. The summed E-state index contributed by atoms with van der Waals surface area (Å²) in [5.41, 5.74) is 7.61. The second kappa shape index (κ2) is 7.25. The predicted octanol–water partition coefficient (Wildman–Crippen LogP) is 4.46. The van der Waals surface area contributed by atoms with Crippen LogP contribution in [0.3, 0.4) is 0 Å². The molecule has 1 aromatic heterocycles. The van der Waals surface area contributed by atoms with Crippen molar-refractivity contribution in [3.8, 4) is 0 Å². The van der Waals surface area contributed by atoms with E-state index in [1.165, 1.54) is 17.4 Å². The Hall–Kier alpha value is -1.10. The van der Waals surface area contributed by atoms with Gasteiger partial charge in [-0.1, -0.05) is 30.7 Å². The molecule has 1 unspecified atom stereocenters. The molecule has 0 fully saturated rings. The predicted molar refractivity (Wildman–Crippen MR) is 89.8 cm³/mol. The summed E-state index contributed by atoms with van der Waals surface area (Å²) in [5, 5.41) is 0. The fourth-order valence-electron chi connectivity index (χ4n) is 2.33. The van der Waals surface area contributed by atoms with Gasteiger partial charge in [0, 0.05) is 18.0 Å². The van der Waals surface area contributed by atoms with E-state index in [1.807, 2.05) is 37.1 Å². The second-order valence-corrected chi connectivity index (χ2v) is 6.98. The van der Waals surface area contributed by atoms with Gasteiger partial charge in [0.25, 0.3) is 0 Å². The maximum Gasteiger partial charge on any atom is 0.146 e. The average molecular weight is 327 g/mol. The molecule has 21 heavy (non-hydrogen) atoms. The molecule has 0 aliphatic carbocycles. The molecule has 0 aliphatic heterocycles. The van der Waals surface area contributed by atoms with Crippen LogP contribution in [0.5, 0.6) is 0 Å². The van der Waals surface area contributed by atoms with Crippen LogP contribution < -0.4 is 10.6 Å². The Kier molecular flexibility index (Phi) is 5.62. The first-order chi connectivity index (χ1) is 10.0. The monoisotopic (exact) mass is 326 g/mol. The lowest BCUT2D eigenvalue weighted by Crippen LogP contribution is -2.25. The zero-order valence-corrected chi connectivity index (χ0v) is 13.8. The first kappa shape index (κ1) is 16.3. The lowest BCUT2D eigenvalue weighted by Gasteiger charge is -2.23. The molecule has 0 bridgehead atoms. The number of nitrogens with two attached hydrogens (primary N) is 1. The minimum absolute atomic E-state index is 0.0510. The first-order valence-electron chi connectivity index (χ1n) is 6.99. The molecular formula is C16H20ClFN2S. The van der Waals surface area contributed by atoms with Crippen LogP contribution in [0.1, 0.15) is 23.8 Å². The molecule has 0 radical (unpaired) electrons. The zero-order chi connectivity index (χ0) is 15.4. The Bertz CT molecular complexity index is 600. The van der Waals surface area contributed by atoms with E-state index >= 15 is 0 Å². The van der Waals surface area contributed by atoms with Gasteiger partial charge < -0.3 is 10.6 Å². The van der Waals surface area contributed by atoms with Crippen LogP contribution in [0.15, 0.2) is 30.3 Å². The van der Waals surface area contributed by atoms with E-state index in [2.05, 4.69) is 0 Å². The van der Waals surface area contributed by atoms with Crippen molar-refractivity contribution in [2.75, 3.05) is 11.9 Å². The molecule has 2 N–H and O–H groups in total. The lowest BCUT2D eigenvalue weighted by atomic mass is 10.0. The number of para-hydroxylation sites is 1. The van der Waals surface area contributed by atoms with Crippen LogP contribution in [0, 0.1) is 5.82 Å².